The van der Waals surface area contributed by atoms with Crippen molar-refractivity contribution in [1.29, 1.82) is 0 Å². The molecule has 3 rings (SSSR count). The summed E-state index contributed by atoms with van der Waals surface area (Å²) >= 11 is 5.98. The Morgan fingerprint density at radius 3 is 2.67 bits per heavy atom. The van der Waals surface area contributed by atoms with Crippen molar-refractivity contribution >= 4 is 17.6 Å². The Morgan fingerprint density at radius 1 is 1.75 bits per heavy atom. The molecule has 2 bridgehead atoms. The molecular weight excluding hydrogens is 180 g/mol. The summed E-state index contributed by atoms with van der Waals surface area (Å²) in [5.41, 5.74) is -0.630. The lowest BCUT2D eigenvalue weighted by atomic mass is 9.35. The summed E-state index contributed by atoms with van der Waals surface area (Å²) in [6.07, 6.45) is 1.38. The van der Waals surface area contributed by atoms with Crippen LogP contribution in [0.15, 0.2) is 0 Å². The first kappa shape index (κ1) is 8.32. The van der Waals surface area contributed by atoms with Gasteiger partial charge in [-0.15, -0.1) is 11.6 Å². The minimum atomic E-state index is -0.459. The molecule has 0 unspecified atom stereocenters. The first-order chi connectivity index (χ1) is 5.61. The van der Waals surface area contributed by atoms with Gasteiger partial charge in [-0.1, -0.05) is 0 Å². The van der Waals surface area contributed by atoms with Crippen LogP contribution in [0.4, 0.5) is 0 Å². The largest absolute Gasteiger partial charge is 0.469 e. The summed E-state index contributed by atoms with van der Waals surface area (Å²) < 4.78 is 4.65. The minimum absolute atomic E-state index is 0.0832. The van der Waals surface area contributed by atoms with Gasteiger partial charge in [-0.2, -0.15) is 0 Å². The van der Waals surface area contributed by atoms with Crippen LogP contribution >= 0.6 is 11.6 Å². The molecule has 68 valence electrons. The highest BCUT2D eigenvalue weighted by Gasteiger charge is 2.79. The number of rotatable bonds is 2. The van der Waals surface area contributed by atoms with Crippen molar-refractivity contribution in [3.05, 3.63) is 0 Å². The second-order valence-electron chi connectivity index (χ2n) is 3.88. The van der Waals surface area contributed by atoms with Crippen LogP contribution in [0.25, 0.3) is 0 Å². The van der Waals surface area contributed by atoms with Gasteiger partial charge in [-0.05, 0) is 12.8 Å². The molecule has 3 fully saturated rings. The van der Waals surface area contributed by atoms with E-state index in [0.717, 1.165) is 0 Å². The van der Waals surface area contributed by atoms with E-state index < -0.39 is 5.41 Å². The van der Waals surface area contributed by atoms with E-state index in [-0.39, 0.29) is 23.4 Å². The summed E-state index contributed by atoms with van der Waals surface area (Å²) in [5.74, 6) is -0.224. The summed E-state index contributed by atoms with van der Waals surface area (Å²) in [7, 11) is 1.37. The predicted molar refractivity (Wildman–Crippen MR) is 42.8 cm³/mol. The Balaban J connectivity index is 2.10. The molecule has 0 spiro atoms. The van der Waals surface area contributed by atoms with Gasteiger partial charge in [-0.3, -0.25) is 4.79 Å². The van der Waals surface area contributed by atoms with Crippen molar-refractivity contribution in [3.63, 3.8) is 0 Å². The van der Waals surface area contributed by atoms with Gasteiger partial charge in [0.2, 0.25) is 0 Å². The van der Waals surface area contributed by atoms with E-state index in [9.17, 15) is 4.79 Å². The smallest absolute Gasteiger partial charge is 0.313 e. The molecule has 0 aliphatic heterocycles. The summed E-state index contributed by atoms with van der Waals surface area (Å²) in [4.78, 5) is 11.2. The molecule has 1 atom stereocenters. The average Bonchev–Trinajstić information content (AvgIpc) is 2.02. The van der Waals surface area contributed by atoms with Gasteiger partial charge >= 0.3 is 5.97 Å². The topological polar surface area (TPSA) is 46.5 Å². The monoisotopic (exact) mass is 190 g/mol. The Kier molecular flexibility index (Phi) is 1.49. The van der Waals surface area contributed by atoms with Crippen LogP contribution in [0.5, 0.6) is 0 Å². The molecule has 0 heterocycles. The minimum Gasteiger partial charge on any atom is -0.469 e. The fraction of sp³-hybridized carbons (Fsp3) is 0.875. The van der Waals surface area contributed by atoms with E-state index in [1.165, 1.54) is 7.11 Å². The van der Waals surface area contributed by atoms with Crippen LogP contribution in [0, 0.1) is 10.8 Å². The van der Waals surface area contributed by atoms with Gasteiger partial charge in [0.1, 0.15) is 0 Å². The molecule has 0 aromatic heterocycles. The quantitative estimate of drug-likeness (QED) is 0.511. The van der Waals surface area contributed by atoms with Crippen molar-refractivity contribution in [2.75, 3.05) is 13.7 Å². The van der Waals surface area contributed by atoms with Gasteiger partial charge in [0.05, 0.1) is 24.5 Å². The Hall–Kier alpha value is -0.280. The highest BCUT2D eigenvalue weighted by Crippen LogP contribution is 2.75. The Morgan fingerprint density at radius 2 is 2.33 bits per heavy atom. The van der Waals surface area contributed by atoms with Crippen LogP contribution in [-0.4, -0.2) is 30.2 Å². The third kappa shape index (κ3) is 0.613. The molecule has 0 aromatic carbocycles. The standard InChI is InChI=1S/C8H11ClO3/c1-12-6(11)8-2-7(3-8,4-10)5(8)9/h5,10H,2-4H2,1H3/t5-,7?,8?/m0/s1. The van der Waals surface area contributed by atoms with Crippen molar-refractivity contribution in [3.8, 4) is 0 Å². The fourth-order valence-corrected chi connectivity index (χ4v) is 3.00. The molecule has 0 radical (unpaired) electrons. The number of esters is 1. The van der Waals surface area contributed by atoms with Crippen molar-refractivity contribution in [2.45, 2.75) is 18.2 Å². The number of carbonyl (C=O) groups excluding carboxylic acids is 1. The molecule has 12 heavy (non-hydrogen) atoms. The van der Waals surface area contributed by atoms with Gasteiger partial charge < -0.3 is 9.84 Å². The van der Waals surface area contributed by atoms with E-state index in [1.54, 1.807) is 0 Å². The SMILES string of the molecule is COC(=O)C12CC(CO)(C1)[C@@H]2Cl. The number of methoxy groups -OCH3 is 1. The van der Waals surface area contributed by atoms with Crippen LogP contribution in [-0.2, 0) is 9.53 Å². The van der Waals surface area contributed by atoms with E-state index >= 15 is 0 Å². The van der Waals surface area contributed by atoms with Gasteiger partial charge in [0.25, 0.3) is 0 Å². The van der Waals surface area contributed by atoms with Gasteiger partial charge in [0.15, 0.2) is 0 Å². The number of ether oxygens (including phenoxy) is 1. The average molecular weight is 191 g/mol. The number of hydrogen-bond donors (Lipinski definition) is 1. The lowest BCUT2D eigenvalue weighted by Gasteiger charge is -2.71. The van der Waals surface area contributed by atoms with E-state index in [0.29, 0.717) is 12.8 Å². The first-order valence-corrected chi connectivity index (χ1v) is 4.38. The molecule has 3 saturated carbocycles. The number of hydrogen-bond acceptors (Lipinski definition) is 3. The molecule has 0 saturated heterocycles. The number of aliphatic hydroxyl groups is 1. The zero-order valence-corrected chi connectivity index (χ0v) is 7.60. The molecule has 3 aliphatic carbocycles. The molecule has 3 nitrogen and oxygen atoms in total. The zero-order valence-electron chi connectivity index (χ0n) is 6.84. The third-order valence-corrected chi connectivity index (χ3v) is 4.15. The second-order valence-corrected chi connectivity index (χ2v) is 4.32. The molecular formula is C8H11ClO3. The van der Waals surface area contributed by atoms with Gasteiger partial charge in [-0.25, -0.2) is 0 Å². The first-order valence-electron chi connectivity index (χ1n) is 3.95. The van der Waals surface area contributed by atoms with Crippen LogP contribution in [0.2, 0.25) is 0 Å². The summed E-state index contributed by atoms with van der Waals surface area (Å²) in [6, 6.07) is 0. The number of halogens is 1. The molecule has 1 N–H and O–H groups in total. The highest BCUT2D eigenvalue weighted by molar-refractivity contribution is 6.25. The fourth-order valence-electron chi connectivity index (χ4n) is 2.53. The van der Waals surface area contributed by atoms with E-state index in [1.807, 2.05) is 0 Å². The molecule has 3 aliphatic rings. The number of alkyl halides is 1. The molecule has 0 aromatic rings. The van der Waals surface area contributed by atoms with Crippen molar-refractivity contribution in [2.24, 2.45) is 10.8 Å². The maximum atomic E-state index is 11.2. The third-order valence-electron chi connectivity index (χ3n) is 3.26. The lowest BCUT2D eigenvalue weighted by Crippen LogP contribution is -2.76. The highest BCUT2D eigenvalue weighted by atomic mass is 35.5. The Labute approximate surface area is 75.7 Å². The van der Waals surface area contributed by atoms with E-state index in [4.69, 9.17) is 16.7 Å². The van der Waals surface area contributed by atoms with Crippen molar-refractivity contribution in [1.82, 2.24) is 0 Å². The van der Waals surface area contributed by atoms with Crippen LogP contribution < -0.4 is 0 Å². The van der Waals surface area contributed by atoms with E-state index in [2.05, 4.69) is 4.74 Å². The van der Waals surface area contributed by atoms with Crippen LogP contribution in [0.1, 0.15) is 12.8 Å². The zero-order chi connectivity index (χ0) is 8.98. The second kappa shape index (κ2) is 2.15. The molecule has 4 heteroatoms. The predicted octanol–water partition coefficient (Wildman–Crippen LogP) is 0.539. The normalized spacial score (nSPS) is 49.1. The number of aliphatic hydroxyl groups excluding tert-OH is 1. The van der Waals surface area contributed by atoms with Gasteiger partial charge in [0, 0.05) is 5.41 Å². The lowest BCUT2D eigenvalue weighted by molar-refractivity contribution is -0.231. The Bertz CT molecular complexity index is 232. The van der Waals surface area contributed by atoms with Crippen molar-refractivity contribution < 1.29 is 14.6 Å². The summed E-state index contributed by atoms with van der Waals surface area (Å²) in [6.45, 7) is 0.0832. The summed E-state index contributed by atoms with van der Waals surface area (Å²) in [5, 5.41) is 8.77. The maximum Gasteiger partial charge on any atom is 0.313 e. The maximum absolute atomic E-state index is 11.2. The van der Waals surface area contributed by atoms with Crippen LogP contribution in [0.3, 0.4) is 0 Å². The molecule has 0 amide bonds. The number of carbonyl (C=O) groups is 1.